The largest absolute Gasteiger partial charge is 0.384 e. The van der Waals surface area contributed by atoms with E-state index in [1.165, 1.54) is 0 Å². The van der Waals surface area contributed by atoms with Crippen LogP contribution in [0.2, 0.25) is 0 Å². The zero-order valence-corrected chi connectivity index (χ0v) is 14.5. The Morgan fingerprint density at radius 2 is 1.96 bits per heavy atom. The molecule has 8 nitrogen and oxygen atoms in total. The first-order valence-electron chi connectivity index (χ1n) is 8.53. The molecule has 1 saturated heterocycles. The Bertz CT molecular complexity index is 1020. The molecule has 1 aliphatic heterocycles. The van der Waals surface area contributed by atoms with Crippen LogP contribution in [-0.2, 0) is 4.74 Å². The lowest BCUT2D eigenvalue weighted by atomic mass is 10.0. The Balaban J connectivity index is 2.03. The zero-order chi connectivity index (χ0) is 18.3. The number of fused-ring (bicyclic) bond motifs is 1. The first-order valence-corrected chi connectivity index (χ1v) is 8.53. The zero-order valence-electron chi connectivity index (χ0n) is 14.5. The molecule has 3 aromatic heterocycles. The van der Waals surface area contributed by atoms with Gasteiger partial charge in [0, 0.05) is 42.0 Å². The summed E-state index contributed by atoms with van der Waals surface area (Å²) in [6.07, 6.45) is 3.11. The molecule has 4 rings (SSSR count). The van der Waals surface area contributed by atoms with Crippen LogP contribution in [0.1, 0.15) is 24.6 Å². The maximum atomic E-state index is 13.4. The molecule has 26 heavy (non-hydrogen) atoms. The molecule has 0 aliphatic carbocycles. The number of rotatable bonds is 2. The third kappa shape index (κ3) is 2.78. The van der Waals surface area contributed by atoms with Crippen molar-refractivity contribution in [2.45, 2.75) is 25.8 Å². The highest BCUT2D eigenvalue weighted by atomic mass is 16.5. The molecule has 8 heteroatoms. The summed E-state index contributed by atoms with van der Waals surface area (Å²) < 4.78 is 7.20. The van der Waals surface area contributed by atoms with E-state index in [9.17, 15) is 4.79 Å². The summed E-state index contributed by atoms with van der Waals surface area (Å²) >= 11 is 0. The number of ether oxygens (including phenoxy) is 1. The van der Waals surface area contributed by atoms with Gasteiger partial charge in [-0.2, -0.15) is 4.98 Å². The molecule has 4 heterocycles. The predicted molar refractivity (Wildman–Crippen MR) is 99.7 cm³/mol. The molecule has 0 radical (unpaired) electrons. The standard InChI is InChI=1S/C18H20N6O2/c1-10-13-8-14(11-2-3-15(19)21-9-11)17(25)24(12-4-6-26-7-5-12)16(13)23-18(20)22-10/h2-3,8-9,12H,4-7H2,1H3,(H2,19,21)(H2,20,22,23). The number of pyridine rings is 2. The fourth-order valence-electron chi connectivity index (χ4n) is 3.43. The Morgan fingerprint density at radius 3 is 2.65 bits per heavy atom. The third-order valence-electron chi connectivity index (χ3n) is 4.75. The van der Waals surface area contributed by atoms with Crippen molar-refractivity contribution < 1.29 is 4.74 Å². The smallest absolute Gasteiger partial charge is 0.260 e. The molecule has 1 fully saturated rings. The van der Waals surface area contributed by atoms with Crippen LogP contribution in [0.15, 0.2) is 29.2 Å². The number of hydrogen-bond acceptors (Lipinski definition) is 7. The summed E-state index contributed by atoms with van der Waals surface area (Å²) in [4.78, 5) is 26.1. The van der Waals surface area contributed by atoms with E-state index >= 15 is 0 Å². The van der Waals surface area contributed by atoms with Crippen molar-refractivity contribution in [1.29, 1.82) is 0 Å². The van der Waals surface area contributed by atoms with Gasteiger partial charge in [0.25, 0.3) is 5.56 Å². The van der Waals surface area contributed by atoms with Gasteiger partial charge in [0.1, 0.15) is 11.5 Å². The Morgan fingerprint density at radius 1 is 1.19 bits per heavy atom. The van der Waals surface area contributed by atoms with Gasteiger partial charge in [-0.15, -0.1) is 0 Å². The minimum absolute atomic E-state index is 0.00846. The van der Waals surface area contributed by atoms with Crippen LogP contribution >= 0.6 is 0 Å². The average Bonchev–Trinajstić information content (AvgIpc) is 2.63. The molecule has 3 aromatic rings. The summed E-state index contributed by atoms with van der Waals surface area (Å²) in [6, 6.07) is 5.31. The molecule has 0 amide bonds. The van der Waals surface area contributed by atoms with Crippen molar-refractivity contribution >= 4 is 22.8 Å². The SMILES string of the molecule is Cc1nc(N)nc2c1cc(-c1ccc(N)nc1)c(=O)n2C1CCOCC1. The van der Waals surface area contributed by atoms with E-state index in [1.54, 1.807) is 22.9 Å². The van der Waals surface area contributed by atoms with Crippen LogP contribution in [0.4, 0.5) is 11.8 Å². The number of aryl methyl sites for hydroxylation is 1. The second-order valence-corrected chi connectivity index (χ2v) is 6.45. The van der Waals surface area contributed by atoms with E-state index in [1.807, 2.05) is 13.0 Å². The van der Waals surface area contributed by atoms with Crippen LogP contribution in [-0.4, -0.2) is 32.7 Å². The van der Waals surface area contributed by atoms with Gasteiger partial charge in [-0.3, -0.25) is 9.36 Å². The number of nitrogens with zero attached hydrogens (tertiary/aromatic N) is 4. The van der Waals surface area contributed by atoms with Crippen molar-refractivity contribution in [2.24, 2.45) is 0 Å². The lowest BCUT2D eigenvalue weighted by molar-refractivity contribution is 0.0697. The molecule has 4 N–H and O–H groups in total. The second kappa shape index (κ2) is 6.38. The monoisotopic (exact) mass is 352 g/mol. The highest BCUT2D eigenvalue weighted by molar-refractivity contribution is 5.84. The summed E-state index contributed by atoms with van der Waals surface area (Å²) in [7, 11) is 0. The van der Waals surface area contributed by atoms with Crippen LogP contribution in [0.3, 0.4) is 0 Å². The summed E-state index contributed by atoms with van der Waals surface area (Å²) in [6.45, 7) is 3.10. The molecule has 0 bridgehead atoms. The van der Waals surface area contributed by atoms with E-state index in [2.05, 4.69) is 15.0 Å². The molecule has 0 saturated carbocycles. The molecule has 1 aliphatic rings. The van der Waals surface area contributed by atoms with Crippen molar-refractivity contribution in [3.63, 3.8) is 0 Å². The van der Waals surface area contributed by atoms with Gasteiger partial charge in [-0.1, -0.05) is 0 Å². The topological polar surface area (TPSA) is 122 Å². The summed E-state index contributed by atoms with van der Waals surface area (Å²) in [5.41, 5.74) is 14.0. The van der Waals surface area contributed by atoms with Crippen molar-refractivity contribution in [1.82, 2.24) is 19.5 Å². The highest BCUT2D eigenvalue weighted by Crippen LogP contribution is 2.28. The minimum Gasteiger partial charge on any atom is -0.384 e. The van der Waals surface area contributed by atoms with Crippen LogP contribution in [0.25, 0.3) is 22.2 Å². The number of nitrogens with two attached hydrogens (primary N) is 2. The fourth-order valence-corrected chi connectivity index (χ4v) is 3.43. The van der Waals surface area contributed by atoms with Gasteiger partial charge in [0.2, 0.25) is 5.95 Å². The quantitative estimate of drug-likeness (QED) is 0.719. The summed E-state index contributed by atoms with van der Waals surface area (Å²) in [5.74, 6) is 0.573. The van der Waals surface area contributed by atoms with Gasteiger partial charge < -0.3 is 16.2 Å². The van der Waals surface area contributed by atoms with Crippen LogP contribution in [0.5, 0.6) is 0 Å². The van der Waals surface area contributed by atoms with Crippen molar-refractivity contribution in [2.75, 3.05) is 24.7 Å². The Labute approximate surface area is 149 Å². The van der Waals surface area contributed by atoms with E-state index in [4.69, 9.17) is 16.2 Å². The number of aromatic nitrogens is 4. The van der Waals surface area contributed by atoms with E-state index in [0.29, 0.717) is 35.8 Å². The fraction of sp³-hybridized carbons (Fsp3) is 0.333. The molecule has 0 aromatic carbocycles. The van der Waals surface area contributed by atoms with E-state index < -0.39 is 0 Å². The van der Waals surface area contributed by atoms with Gasteiger partial charge in [-0.25, -0.2) is 9.97 Å². The summed E-state index contributed by atoms with van der Waals surface area (Å²) in [5, 5.41) is 0.803. The van der Waals surface area contributed by atoms with E-state index in [-0.39, 0.29) is 17.5 Å². The number of hydrogen-bond donors (Lipinski definition) is 2. The van der Waals surface area contributed by atoms with Crippen LogP contribution in [0, 0.1) is 6.92 Å². The van der Waals surface area contributed by atoms with Crippen LogP contribution < -0.4 is 17.0 Å². The Kier molecular flexibility index (Phi) is 4.04. The van der Waals surface area contributed by atoms with Crippen molar-refractivity contribution in [3.05, 3.63) is 40.4 Å². The third-order valence-corrected chi connectivity index (χ3v) is 4.75. The molecule has 0 atom stereocenters. The maximum absolute atomic E-state index is 13.4. The molecular formula is C18H20N6O2. The minimum atomic E-state index is -0.117. The lowest BCUT2D eigenvalue weighted by Gasteiger charge is -2.26. The Hall–Kier alpha value is -3.00. The first-order chi connectivity index (χ1) is 12.5. The second-order valence-electron chi connectivity index (χ2n) is 6.45. The predicted octanol–water partition coefficient (Wildman–Crippen LogP) is 1.68. The van der Waals surface area contributed by atoms with Crippen molar-refractivity contribution in [3.8, 4) is 11.1 Å². The number of anilines is 2. The van der Waals surface area contributed by atoms with Gasteiger partial charge in [0.05, 0.1) is 5.69 Å². The van der Waals surface area contributed by atoms with Gasteiger partial charge >= 0.3 is 0 Å². The normalized spacial score (nSPS) is 15.4. The van der Waals surface area contributed by atoms with E-state index in [0.717, 1.165) is 23.9 Å². The molecule has 0 unspecified atom stereocenters. The first kappa shape index (κ1) is 16.5. The maximum Gasteiger partial charge on any atom is 0.260 e. The molecular weight excluding hydrogens is 332 g/mol. The van der Waals surface area contributed by atoms with Gasteiger partial charge in [-0.05, 0) is 38.0 Å². The molecule has 134 valence electrons. The number of nitrogen functional groups attached to an aromatic ring is 2. The van der Waals surface area contributed by atoms with Gasteiger partial charge in [0.15, 0.2) is 0 Å². The lowest BCUT2D eigenvalue weighted by Crippen LogP contribution is -2.31. The molecule has 0 spiro atoms. The highest BCUT2D eigenvalue weighted by Gasteiger charge is 2.23. The average molecular weight is 352 g/mol.